The molecule has 1 unspecified atom stereocenters. The summed E-state index contributed by atoms with van der Waals surface area (Å²) in [7, 11) is 0. The van der Waals surface area contributed by atoms with Crippen molar-refractivity contribution in [3.05, 3.63) is 48.0 Å². The van der Waals surface area contributed by atoms with Crippen LogP contribution < -0.4 is 5.32 Å². The number of nitrogens with zero attached hydrogens (tertiary/aromatic N) is 1. The zero-order valence-electron chi connectivity index (χ0n) is 13.3. The molecule has 1 aliphatic heterocycles. The van der Waals surface area contributed by atoms with E-state index in [9.17, 15) is 9.59 Å². The van der Waals surface area contributed by atoms with Crippen molar-refractivity contribution in [3.8, 4) is 0 Å². The lowest BCUT2D eigenvalue weighted by Crippen LogP contribution is -2.40. The van der Waals surface area contributed by atoms with Crippen molar-refractivity contribution < 1.29 is 14.7 Å². The topological polar surface area (TPSA) is 69.6 Å². The van der Waals surface area contributed by atoms with Crippen LogP contribution in [0.1, 0.15) is 35.2 Å². The highest BCUT2D eigenvalue weighted by atomic mass is 16.3. The molecule has 1 atom stereocenters. The molecule has 2 rings (SSSR count). The second kappa shape index (κ2) is 8.48. The highest BCUT2D eigenvalue weighted by Gasteiger charge is 2.24. The summed E-state index contributed by atoms with van der Waals surface area (Å²) >= 11 is 0. The number of aliphatic hydroxyl groups excluding tert-OH is 1. The Morgan fingerprint density at radius 1 is 1.35 bits per heavy atom. The summed E-state index contributed by atoms with van der Waals surface area (Å²) in [5.74, 6) is 0.216. The van der Waals surface area contributed by atoms with Crippen molar-refractivity contribution in [3.63, 3.8) is 0 Å². The number of hydrogen-bond donors (Lipinski definition) is 2. The minimum atomic E-state index is -0.214. The molecule has 23 heavy (non-hydrogen) atoms. The standard InChI is InChI=1S/C18H24N2O3/c1-2-17(22)19-12-14-5-7-16(8-6-14)18(23)20-10-3-4-15(13-20)9-11-21/h2,5-8,15,21H,1,3-4,9-13H2,(H,19,22). The third-order valence-corrected chi connectivity index (χ3v) is 4.20. The molecule has 5 nitrogen and oxygen atoms in total. The van der Waals surface area contributed by atoms with Gasteiger partial charge in [-0.15, -0.1) is 0 Å². The Morgan fingerprint density at radius 3 is 2.74 bits per heavy atom. The van der Waals surface area contributed by atoms with Gasteiger partial charge in [-0.25, -0.2) is 0 Å². The largest absolute Gasteiger partial charge is 0.396 e. The number of piperidine rings is 1. The average Bonchev–Trinajstić information content (AvgIpc) is 2.60. The van der Waals surface area contributed by atoms with Crippen LogP contribution in [0.5, 0.6) is 0 Å². The van der Waals surface area contributed by atoms with Crippen LogP contribution in [0.15, 0.2) is 36.9 Å². The summed E-state index contributed by atoms with van der Waals surface area (Å²) in [4.78, 5) is 25.6. The van der Waals surface area contributed by atoms with Crippen LogP contribution in [-0.4, -0.2) is 41.5 Å². The third-order valence-electron chi connectivity index (χ3n) is 4.20. The Morgan fingerprint density at radius 2 is 2.09 bits per heavy atom. The zero-order valence-corrected chi connectivity index (χ0v) is 13.3. The highest BCUT2D eigenvalue weighted by Crippen LogP contribution is 2.21. The van der Waals surface area contributed by atoms with Crippen LogP contribution in [0.3, 0.4) is 0 Å². The predicted octanol–water partition coefficient (Wildman–Crippen LogP) is 1.72. The van der Waals surface area contributed by atoms with Gasteiger partial charge in [0, 0.05) is 31.8 Å². The number of benzene rings is 1. The van der Waals surface area contributed by atoms with Crippen LogP contribution >= 0.6 is 0 Å². The maximum Gasteiger partial charge on any atom is 0.253 e. The van der Waals surface area contributed by atoms with Crippen LogP contribution in [0.4, 0.5) is 0 Å². The molecule has 5 heteroatoms. The minimum absolute atomic E-state index is 0.0364. The smallest absolute Gasteiger partial charge is 0.253 e. The number of carbonyl (C=O) groups excluding carboxylic acids is 2. The maximum absolute atomic E-state index is 12.6. The van der Waals surface area contributed by atoms with Gasteiger partial charge in [0.15, 0.2) is 0 Å². The van der Waals surface area contributed by atoms with Crippen molar-refractivity contribution in [2.45, 2.75) is 25.8 Å². The van der Waals surface area contributed by atoms with E-state index in [4.69, 9.17) is 5.11 Å². The van der Waals surface area contributed by atoms with Gasteiger partial charge in [0.1, 0.15) is 0 Å². The van der Waals surface area contributed by atoms with Crippen molar-refractivity contribution in [1.82, 2.24) is 10.2 Å². The molecule has 1 aromatic rings. The van der Waals surface area contributed by atoms with E-state index in [0.29, 0.717) is 18.0 Å². The van der Waals surface area contributed by atoms with Crippen LogP contribution in [0, 0.1) is 5.92 Å². The first-order valence-electron chi connectivity index (χ1n) is 8.03. The van der Waals surface area contributed by atoms with Gasteiger partial charge in [-0.2, -0.15) is 0 Å². The van der Waals surface area contributed by atoms with E-state index >= 15 is 0 Å². The van der Waals surface area contributed by atoms with Crippen molar-refractivity contribution >= 4 is 11.8 Å². The second-order valence-corrected chi connectivity index (χ2v) is 5.89. The summed E-state index contributed by atoms with van der Waals surface area (Å²) in [6.45, 7) is 5.49. The summed E-state index contributed by atoms with van der Waals surface area (Å²) in [5.41, 5.74) is 1.60. The Kier molecular flexibility index (Phi) is 6.35. The normalized spacial score (nSPS) is 17.6. The summed E-state index contributed by atoms with van der Waals surface area (Å²) in [6.07, 6.45) is 4.05. The van der Waals surface area contributed by atoms with E-state index in [0.717, 1.165) is 37.9 Å². The van der Waals surface area contributed by atoms with Gasteiger partial charge < -0.3 is 15.3 Å². The maximum atomic E-state index is 12.6. The molecular weight excluding hydrogens is 292 g/mol. The molecule has 124 valence electrons. The Labute approximate surface area is 137 Å². The van der Waals surface area contributed by atoms with Gasteiger partial charge in [0.05, 0.1) is 0 Å². The SMILES string of the molecule is C=CC(=O)NCc1ccc(C(=O)N2CCCC(CCO)C2)cc1. The number of amides is 2. The lowest BCUT2D eigenvalue weighted by molar-refractivity contribution is -0.116. The molecule has 1 fully saturated rings. The fourth-order valence-corrected chi connectivity index (χ4v) is 2.88. The van der Waals surface area contributed by atoms with Crippen molar-refractivity contribution in [2.24, 2.45) is 5.92 Å². The zero-order chi connectivity index (χ0) is 16.7. The van der Waals surface area contributed by atoms with Crippen molar-refractivity contribution in [1.29, 1.82) is 0 Å². The van der Waals surface area contributed by atoms with Crippen LogP contribution in [0.2, 0.25) is 0 Å². The molecule has 1 aromatic carbocycles. The highest BCUT2D eigenvalue weighted by molar-refractivity contribution is 5.94. The number of carbonyl (C=O) groups is 2. The molecule has 2 amide bonds. The molecule has 1 saturated heterocycles. The van der Waals surface area contributed by atoms with Gasteiger partial charge in [0.25, 0.3) is 5.91 Å². The number of likely N-dealkylation sites (tertiary alicyclic amines) is 1. The number of rotatable bonds is 6. The molecule has 0 aliphatic carbocycles. The second-order valence-electron chi connectivity index (χ2n) is 5.89. The molecule has 0 spiro atoms. The average molecular weight is 316 g/mol. The van der Waals surface area contributed by atoms with Gasteiger partial charge in [-0.05, 0) is 49.0 Å². The van der Waals surface area contributed by atoms with Gasteiger partial charge in [-0.1, -0.05) is 18.7 Å². The van der Waals surface area contributed by atoms with Gasteiger partial charge in [0.2, 0.25) is 5.91 Å². The first-order chi connectivity index (χ1) is 11.1. The van der Waals surface area contributed by atoms with Crippen LogP contribution in [-0.2, 0) is 11.3 Å². The molecule has 1 aliphatic rings. The Bertz CT molecular complexity index is 552. The lowest BCUT2D eigenvalue weighted by atomic mass is 9.94. The van der Waals surface area contributed by atoms with Crippen LogP contribution in [0.25, 0.3) is 0 Å². The molecule has 2 N–H and O–H groups in total. The summed E-state index contributed by atoms with van der Waals surface area (Å²) < 4.78 is 0. The molecule has 1 heterocycles. The molecule has 0 radical (unpaired) electrons. The minimum Gasteiger partial charge on any atom is -0.396 e. The first kappa shape index (κ1) is 17.2. The fraction of sp³-hybridized carbons (Fsp3) is 0.444. The molecule has 0 bridgehead atoms. The number of aliphatic hydroxyl groups is 1. The summed E-state index contributed by atoms with van der Waals surface area (Å²) in [5, 5.41) is 11.8. The molecule has 0 aromatic heterocycles. The van der Waals surface area contributed by atoms with E-state index in [1.807, 2.05) is 17.0 Å². The van der Waals surface area contributed by atoms with E-state index in [-0.39, 0.29) is 18.4 Å². The Balaban J connectivity index is 1.94. The first-order valence-corrected chi connectivity index (χ1v) is 8.03. The quantitative estimate of drug-likeness (QED) is 0.785. The fourth-order valence-electron chi connectivity index (χ4n) is 2.88. The van der Waals surface area contributed by atoms with Gasteiger partial charge in [-0.3, -0.25) is 9.59 Å². The molecular formula is C18H24N2O3. The van der Waals surface area contributed by atoms with E-state index in [1.54, 1.807) is 12.1 Å². The van der Waals surface area contributed by atoms with E-state index < -0.39 is 0 Å². The summed E-state index contributed by atoms with van der Waals surface area (Å²) in [6, 6.07) is 7.30. The lowest BCUT2D eigenvalue weighted by Gasteiger charge is -2.32. The third kappa shape index (κ3) is 4.93. The van der Waals surface area contributed by atoms with E-state index in [1.165, 1.54) is 6.08 Å². The monoisotopic (exact) mass is 316 g/mol. The molecule has 0 saturated carbocycles. The predicted molar refractivity (Wildman–Crippen MR) is 88.8 cm³/mol. The number of nitrogens with one attached hydrogen (secondary N) is 1. The van der Waals surface area contributed by atoms with E-state index in [2.05, 4.69) is 11.9 Å². The van der Waals surface area contributed by atoms with Crippen molar-refractivity contribution in [2.75, 3.05) is 19.7 Å². The number of hydrogen-bond acceptors (Lipinski definition) is 3. The Hall–Kier alpha value is -2.14. The van der Waals surface area contributed by atoms with Gasteiger partial charge >= 0.3 is 0 Å².